The molecule has 14 heteroatoms. The van der Waals surface area contributed by atoms with Crippen molar-refractivity contribution < 1.29 is 45.4 Å². The lowest BCUT2D eigenvalue weighted by Crippen LogP contribution is -2.47. The summed E-state index contributed by atoms with van der Waals surface area (Å²) in [4.78, 5) is 25.9. The number of fused-ring (bicyclic) bond motifs is 2. The molecule has 0 fully saturated rings. The van der Waals surface area contributed by atoms with Gasteiger partial charge >= 0.3 is 10.1 Å². The maximum atomic E-state index is 13.7. The molecular formula is C29H32N3O9S2+. The Labute approximate surface area is 248 Å². The molecule has 2 aromatic carbocycles. The van der Waals surface area contributed by atoms with Gasteiger partial charge in [0.25, 0.3) is 16.0 Å². The maximum absolute atomic E-state index is 13.7. The average Bonchev–Trinajstić information content (AvgIpc) is 2.89. The molecule has 0 saturated carbocycles. The number of benzene rings is 3. The molecule has 1 heterocycles. The third kappa shape index (κ3) is 6.18. The third-order valence-electron chi connectivity index (χ3n) is 7.05. The molecular weight excluding hydrogens is 598 g/mol. The molecule has 0 unspecified atom stereocenters. The van der Waals surface area contributed by atoms with Crippen molar-refractivity contribution in [2.24, 2.45) is 5.41 Å². The van der Waals surface area contributed by atoms with Gasteiger partial charge in [-0.1, -0.05) is 39.0 Å². The van der Waals surface area contributed by atoms with E-state index in [-0.39, 0.29) is 46.4 Å². The van der Waals surface area contributed by atoms with E-state index in [9.17, 15) is 35.5 Å². The number of carbonyl (C=O) groups excluding carboxylic acids is 2. The zero-order valence-electron chi connectivity index (χ0n) is 23.9. The van der Waals surface area contributed by atoms with Crippen LogP contribution in [0.1, 0.15) is 44.0 Å². The van der Waals surface area contributed by atoms with Gasteiger partial charge in [-0.15, -0.1) is 0 Å². The van der Waals surface area contributed by atoms with Crippen LogP contribution in [-0.4, -0.2) is 56.1 Å². The first kappa shape index (κ1) is 31.8. The lowest BCUT2D eigenvalue weighted by molar-refractivity contribution is -0.176. The van der Waals surface area contributed by atoms with Gasteiger partial charge in [-0.2, -0.15) is 16.8 Å². The lowest BCUT2D eigenvalue weighted by atomic mass is 9.88. The van der Waals surface area contributed by atoms with Crippen molar-refractivity contribution in [1.29, 1.82) is 0 Å². The summed E-state index contributed by atoms with van der Waals surface area (Å²) < 4.78 is 75.5. The summed E-state index contributed by atoms with van der Waals surface area (Å²) in [6.45, 7) is 5.73. The summed E-state index contributed by atoms with van der Waals surface area (Å²) in [6, 6.07) is 11.6. The van der Waals surface area contributed by atoms with Gasteiger partial charge in [0, 0.05) is 53.6 Å². The molecule has 6 N–H and O–H groups in total. The Kier molecular flexibility index (Phi) is 8.28. The van der Waals surface area contributed by atoms with Crippen molar-refractivity contribution >= 4 is 48.6 Å². The van der Waals surface area contributed by atoms with Crippen LogP contribution in [0.5, 0.6) is 0 Å². The summed E-state index contributed by atoms with van der Waals surface area (Å²) in [5.74, 6) is -0.892. The number of hydrogen-bond acceptors (Lipinski definition) is 8. The fourth-order valence-electron chi connectivity index (χ4n) is 4.87. The number of anilines is 1. The van der Waals surface area contributed by atoms with Crippen LogP contribution < -0.4 is 16.5 Å². The minimum Gasteiger partial charge on any atom is -0.453 e. The summed E-state index contributed by atoms with van der Waals surface area (Å²) in [5, 5.41) is 5.57. The Morgan fingerprint density at radius 2 is 1.56 bits per heavy atom. The molecule has 228 valence electrons. The summed E-state index contributed by atoms with van der Waals surface area (Å²) in [7, 11) is -8.46. The van der Waals surface area contributed by atoms with E-state index in [0.717, 1.165) is 0 Å². The van der Waals surface area contributed by atoms with Crippen molar-refractivity contribution in [2.75, 3.05) is 19.3 Å². The fourth-order valence-corrected chi connectivity index (χ4v) is 6.37. The zero-order chi connectivity index (χ0) is 32.1. The highest BCUT2D eigenvalue weighted by Crippen LogP contribution is 2.45. The molecule has 0 saturated heterocycles. The molecule has 0 bridgehead atoms. The Morgan fingerprint density at radius 3 is 2.16 bits per heavy atom. The minimum absolute atomic E-state index is 0.0579. The molecule has 1 aliphatic heterocycles. The van der Waals surface area contributed by atoms with Crippen molar-refractivity contribution in [3.63, 3.8) is 0 Å². The van der Waals surface area contributed by atoms with E-state index < -0.39 is 63.7 Å². The summed E-state index contributed by atoms with van der Waals surface area (Å²) in [5.41, 5.74) is 5.12. The van der Waals surface area contributed by atoms with Crippen LogP contribution in [0.25, 0.3) is 33.4 Å². The molecule has 2 aliphatic rings. The molecule has 4 rings (SSSR count). The molecule has 1 amide bonds. The second-order valence-electron chi connectivity index (χ2n) is 11.2. The number of nitrogen functional groups attached to an aromatic ring is 1. The third-order valence-corrected chi connectivity index (χ3v) is 8.93. The topological polar surface area (TPSA) is 211 Å². The first-order valence-electron chi connectivity index (χ1n) is 13.1. The highest BCUT2D eigenvalue weighted by molar-refractivity contribution is 7.86. The minimum atomic E-state index is -5.02. The van der Waals surface area contributed by atoms with Gasteiger partial charge in [0.15, 0.2) is 16.2 Å². The van der Waals surface area contributed by atoms with Gasteiger partial charge in [0.05, 0.1) is 5.69 Å². The van der Waals surface area contributed by atoms with Gasteiger partial charge in [0.2, 0.25) is 10.3 Å². The van der Waals surface area contributed by atoms with Crippen LogP contribution in [-0.2, 0) is 25.0 Å². The number of Topliss-reactive ketones (excluding diaryl/α,β-unsaturated/α-hetero) is 1. The number of amides is 1. The summed E-state index contributed by atoms with van der Waals surface area (Å²) in [6.07, 6.45) is 0.697. The first-order chi connectivity index (χ1) is 19.8. The second-order valence-corrected chi connectivity index (χ2v) is 13.9. The van der Waals surface area contributed by atoms with Crippen molar-refractivity contribution in [3.8, 4) is 22.5 Å². The monoisotopic (exact) mass is 630 g/mol. The molecule has 43 heavy (non-hydrogen) atoms. The number of ketones is 1. The number of carbonyl (C=O) groups is 2. The van der Waals surface area contributed by atoms with Gasteiger partial charge in [-0.3, -0.25) is 24.1 Å². The number of hydrogen-bond donors (Lipinski definition) is 4. The Hall–Kier alpha value is -4.11. The van der Waals surface area contributed by atoms with Crippen LogP contribution >= 0.6 is 0 Å². The molecule has 0 atom stereocenters. The van der Waals surface area contributed by atoms with E-state index in [0.29, 0.717) is 6.42 Å². The van der Waals surface area contributed by atoms with Crippen LogP contribution in [0, 0.1) is 5.41 Å². The van der Waals surface area contributed by atoms with E-state index in [4.69, 9.17) is 15.6 Å². The quantitative estimate of drug-likeness (QED) is 0.127. The Bertz CT molecular complexity index is 2030. The molecule has 1 aliphatic carbocycles. The van der Waals surface area contributed by atoms with E-state index in [2.05, 4.69) is 0 Å². The van der Waals surface area contributed by atoms with Gasteiger partial charge in [-0.25, -0.2) is 0 Å². The van der Waals surface area contributed by atoms with Crippen LogP contribution in [0.4, 0.5) is 5.69 Å². The van der Waals surface area contributed by atoms with Crippen molar-refractivity contribution in [3.05, 3.63) is 59.5 Å². The second kappa shape index (κ2) is 11.2. The SMILES string of the molecule is CN(CCCC(=O)C(C)(C)C)C(=O)c1ccccc1-c1c2ccc(=[NH2+])c(S(=O)(=O)O)c-2oc2c(S(=O)(=O)O)c(N)ccc12. The first-order valence-corrected chi connectivity index (χ1v) is 16.0. The molecule has 2 aromatic rings. The van der Waals surface area contributed by atoms with Gasteiger partial charge < -0.3 is 15.1 Å². The average molecular weight is 631 g/mol. The molecule has 0 aromatic heterocycles. The predicted octanol–water partition coefficient (Wildman–Crippen LogP) is 2.41. The molecule has 0 spiro atoms. The number of nitrogens with two attached hydrogens (primary N) is 2. The fraction of sp³-hybridized carbons (Fsp3) is 0.276. The highest BCUT2D eigenvalue weighted by atomic mass is 32.2. The normalized spacial score (nSPS) is 12.5. The smallest absolute Gasteiger partial charge is 0.304 e. The number of nitrogens with zero attached hydrogens (tertiary/aromatic N) is 1. The predicted molar refractivity (Wildman–Crippen MR) is 158 cm³/mol. The number of rotatable bonds is 8. The zero-order valence-corrected chi connectivity index (χ0v) is 25.5. The van der Waals surface area contributed by atoms with E-state index in [1.54, 1.807) is 25.2 Å². The van der Waals surface area contributed by atoms with Crippen molar-refractivity contribution in [1.82, 2.24) is 4.90 Å². The van der Waals surface area contributed by atoms with Gasteiger partial charge in [-0.05, 0) is 36.2 Å². The lowest BCUT2D eigenvalue weighted by Gasteiger charge is -2.23. The Morgan fingerprint density at radius 1 is 0.930 bits per heavy atom. The molecule has 12 nitrogen and oxygen atoms in total. The largest absolute Gasteiger partial charge is 0.453 e. The van der Waals surface area contributed by atoms with E-state index in [1.807, 2.05) is 20.8 Å². The van der Waals surface area contributed by atoms with Crippen LogP contribution in [0.15, 0.2) is 62.7 Å². The summed E-state index contributed by atoms with van der Waals surface area (Å²) >= 11 is 0. The standard InChI is InChI=1S/C29H31N3O9S2/c1-29(2,3)22(33)10-7-15-32(4)28(34)17-9-6-5-8-16(17)23-18-11-13-20(30)26(42(35,36)37)24(18)41-25-19(23)12-14-21(31)27(25)43(38,39)40/h5-6,8-9,11-14,30H,7,10,15,31H2,1-4H3,(H,35,36,37)(H,38,39,40)/p+1. The van der Waals surface area contributed by atoms with Crippen LogP contribution in [0.3, 0.4) is 0 Å². The molecule has 0 radical (unpaired) electrons. The van der Waals surface area contributed by atoms with E-state index in [1.165, 1.54) is 35.2 Å². The van der Waals surface area contributed by atoms with Gasteiger partial charge in [0.1, 0.15) is 5.78 Å². The van der Waals surface area contributed by atoms with Crippen LogP contribution in [0.2, 0.25) is 0 Å². The maximum Gasteiger partial charge on any atom is 0.304 e. The van der Waals surface area contributed by atoms with Crippen molar-refractivity contribution in [2.45, 2.75) is 43.4 Å². The van der Waals surface area contributed by atoms with E-state index >= 15 is 0 Å². The highest BCUT2D eigenvalue weighted by Gasteiger charge is 2.33. The Balaban J connectivity index is 2.01.